The maximum absolute atomic E-state index is 12.5. The first-order valence-electron chi connectivity index (χ1n) is 9.38. The molecule has 0 bridgehead atoms. The fraction of sp³-hybridized carbons (Fsp3) is 0.130. The molecule has 0 saturated carbocycles. The number of fused-ring (bicyclic) bond motifs is 1. The molecule has 0 aliphatic carbocycles. The Morgan fingerprint density at radius 1 is 1.03 bits per heavy atom. The lowest BCUT2D eigenvalue weighted by atomic mass is 10.1. The molecule has 1 aliphatic heterocycles. The molecule has 4 rings (SSSR count). The van der Waals surface area contributed by atoms with Gasteiger partial charge in [0.15, 0.2) is 5.11 Å². The number of para-hydroxylation sites is 3. The molecule has 0 saturated heterocycles. The van der Waals surface area contributed by atoms with Crippen molar-refractivity contribution in [2.75, 3.05) is 23.0 Å². The zero-order valence-electron chi connectivity index (χ0n) is 16.1. The van der Waals surface area contributed by atoms with Gasteiger partial charge in [0, 0.05) is 24.8 Å². The average molecular weight is 403 g/mol. The molecule has 0 unspecified atom stereocenters. The van der Waals surface area contributed by atoms with Crippen LogP contribution < -0.4 is 16.0 Å². The van der Waals surface area contributed by atoms with Crippen molar-refractivity contribution in [2.24, 2.45) is 0 Å². The molecule has 29 heavy (non-hydrogen) atoms. The highest BCUT2D eigenvalue weighted by molar-refractivity contribution is 7.80. The molecule has 1 heterocycles. The van der Waals surface area contributed by atoms with E-state index in [1.54, 1.807) is 12.1 Å². The topological polar surface area (TPSA) is 61.6 Å². The largest absolute Gasteiger partial charge is 0.397 e. The van der Waals surface area contributed by atoms with E-state index in [2.05, 4.69) is 27.2 Å². The highest BCUT2D eigenvalue weighted by Crippen LogP contribution is 2.29. The van der Waals surface area contributed by atoms with Crippen LogP contribution in [0.1, 0.15) is 21.5 Å². The first-order chi connectivity index (χ1) is 14.0. The summed E-state index contributed by atoms with van der Waals surface area (Å²) in [6.07, 6.45) is 0. The number of carbonyl (C=O) groups excluding carboxylic acids is 1. The van der Waals surface area contributed by atoms with Crippen LogP contribution in [0.15, 0.2) is 72.8 Å². The van der Waals surface area contributed by atoms with Crippen LogP contribution in [0.25, 0.3) is 0 Å². The summed E-state index contributed by atoms with van der Waals surface area (Å²) in [5.74, 6) is -0.187. The Morgan fingerprint density at radius 3 is 2.48 bits per heavy atom. The van der Waals surface area contributed by atoms with E-state index in [1.165, 1.54) is 5.56 Å². The van der Waals surface area contributed by atoms with Gasteiger partial charge in [-0.2, -0.15) is 0 Å². The van der Waals surface area contributed by atoms with Crippen molar-refractivity contribution in [1.82, 2.24) is 4.90 Å². The second-order valence-corrected chi connectivity index (χ2v) is 7.46. The van der Waals surface area contributed by atoms with Crippen LogP contribution >= 0.6 is 12.2 Å². The minimum Gasteiger partial charge on any atom is -0.397 e. The van der Waals surface area contributed by atoms with Gasteiger partial charge in [0.25, 0.3) is 5.91 Å². The number of nitrogens with zero attached hydrogens (tertiary/aromatic N) is 2. The summed E-state index contributed by atoms with van der Waals surface area (Å²) in [6, 6.07) is 23.1. The number of thiocarbonyl (C=S) groups is 1. The average Bonchev–Trinajstić information content (AvgIpc) is 2.73. The number of hydrogen-bond acceptors (Lipinski definition) is 3. The highest BCUT2D eigenvalue weighted by Gasteiger charge is 2.24. The van der Waals surface area contributed by atoms with E-state index in [9.17, 15) is 4.79 Å². The molecule has 146 valence electrons. The number of nitrogens with two attached hydrogens (primary N) is 1. The molecule has 3 aromatic rings. The standard InChI is InChI=1S/C23H22N4OS/c1-26-15-18-6-2-5-9-21(18)27(23(26)29)14-16-10-12-17(13-11-16)22(28)25-20-8-4-3-7-19(20)24/h2-13H,14-15,24H2,1H3,(H,25,28). The van der Waals surface area contributed by atoms with Gasteiger partial charge in [0.05, 0.1) is 17.9 Å². The molecule has 1 aliphatic rings. The zero-order valence-corrected chi connectivity index (χ0v) is 16.9. The fourth-order valence-corrected chi connectivity index (χ4v) is 3.67. The Balaban J connectivity index is 1.51. The summed E-state index contributed by atoms with van der Waals surface area (Å²) in [6.45, 7) is 1.46. The third-order valence-corrected chi connectivity index (χ3v) is 5.55. The maximum Gasteiger partial charge on any atom is 0.255 e. The predicted molar refractivity (Wildman–Crippen MR) is 122 cm³/mol. The molecule has 0 aromatic heterocycles. The van der Waals surface area contributed by atoms with Gasteiger partial charge < -0.3 is 20.9 Å². The van der Waals surface area contributed by atoms with Gasteiger partial charge in [-0.1, -0.05) is 42.5 Å². The number of hydrogen-bond donors (Lipinski definition) is 2. The number of amides is 1. The van der Waals surface area contributed by atoms with Crippen LogP contribution in [0.5, 0.6) is 0 Å². The fourth-order valence-electron chi connectivity index (χ4n) is 3.44. The third kappa shape index (κ3) is 3.93. The Bertz CT molecular complexity index is 1060. The number of nitrogens with one attached hydrogen (secondary N) is 1. The van der Waals surface area contributed by atoms with Gasteiger partial charge >= 0.3 is 0 Å². The van der Waals surface area contributed by atoms with Crippen LogP contribution in [-0.4, -0.2) is 23.0 Å². The van der Waals surface area contributed by atoms with E-state index in [1.807, 2.05) is 55.6 Å². The summed E-state index contributed by atoms with van der Waals surface area (Å²) < 4.78 is 0. The molecule has 6 heteroatoms. The van der Waals surface area contributed by atoms with Crippen molar-refractivity contribution in [3.63, 3.8) is 0 Å². The summed E-state index contributed by atoms with van der Waals surface area (Å²) >= 11 is 5.65. The molecule has 1 amide bonds. The van der Waals surface area contributed by atoms with Crippen molar-refractivity contribution in [2.45, 2.75) is 13.1 Å². The molecule has 0 radical (unpaired) electrons. The van der Waals surface area contributed by atoms with Gasteiger partial charge in [-0.15, -0.1) is 0 Å². The lowest BCUT2D eigenvalue weighted by molar-refractivity contribution is 0.102. The third-order valence-electron chi connectivity index (χ3n) is 5.01. The van der Waals surface area contributed by atoms with Crippen LogP contribution in [0.2, 0.25) is 0 Å². The van der Waals surface area contributed by atoms with Crippen LogP contribution in [0, 0.1) is 0 Å². The SMILES string of the molecule is CN1Cc2ccccc2N(Cc2ccc(C(=O)Nc3ccccc3N)cc2)C1=S. The molecule has 5 nitrogen and oxygen atoms in total. The molecule has 3 N–H and O–H groups in total. The first-order valence-corrected chi connectivity index (χ1v) is 9.79. The van der Waals surface area contributed by atoms with E-state index in [-0.39, 0.29) is 5.91 Å². The van der Waals surface area contributed by atoms with Gasteiger partial charge in [0.2, 0.25) is 0 Å². The van der Waals surface area contributed by atoms with Crippen LogP contribution in [-0.2, 0) is 13.1 Å². The summed E-state index contributed by atoms with van der Waals surface area (Å²) in [5, 5.41) is 3.65. The van der Waals surface area contributed by atoms with Gasteiger partial charge in [-0.05, 0) is 53.7 Å². The number of rotatable bonds is 4. The number of benzene rings is 3. The second kappa shape index (κ2) is 7.93. The summed E-state index contributed by atoms with van der Waals surface area (Å²) in [4.78, 5) is 16.7. The van der Waals surface area contributed by atoms with Crippen molar-refractivity contribution in [3.05, 3.63) is 89.5 Å². The molecular formula is C23H22N4OS. The van der Waals surface area contributed by atoms with E-state index < -0.39 is 0 Å². The van der Waals surface area contributed by atoms with Gasteiger partial charge in [-0.25, -0.2) is 0 Å². The van der Waals surface area contributed by atoms with Crippen molar-refractivity contribution in [1.29, 1.82) is 0 Å². The Hall–Kier alpha value is -3.38. The van der Waals surface area contributed by atoms with Crippen molar-refractivity contribution >= 4 is 40.3 Å². The Labute approximate surface area is 175 Å². The Morgan fingerprint density at radius 2 is 1.72 bits per heavy atom. The maximum atomic E-state index is 12.5. The first kappa shape index (κ1) is 19.0. The summed E-state index contributed by atoms with van der Waals surface area (Å²) in [5.41, 5.74) is 11.1. The van der Waals surface area contributed by atoms with E-state index >= 15 is 0 Å². The minimum atomic E-state index is -0.187. The zero-order chi connectivity index (χ0) is 20.4. The van der Waals surface area contributed by atoms with Crippen molar-refractivity contribution < 1.29 is 4.79 Å². The van der Waals surface area contributed by atoms with Gasteiger partial charge in [-0.3, -0.25) is 4.79 Å². The highest BCUT2D eigenvalue weighted by atomic mass is 32.1. The lowest BCUT2D eigenvalue weighted by Crippen LogP contribution is -2.44. The van der Waals surface area contributed by atoms with Crippen LogP contribution in [0.3, 0.4) is 0 Å². The number of nitrogen functional groups attached to an aromatic ring is 1. The molecule has 0 spiro atoms. The van der Waals surface area contributed by atoms with E-state index in [0.717, 1.165) is 22.9 Å². The quantitative estimate of drug-likeness (QED) is 0.504. The Kier molecular flexibility index (Phi) is 5.18. The summed E-state index contributed by atoms with van der Waals surface area (Å²) in [7, 11) is 2.01. The molecular weight excluding hydrogens is 380 g/mol. The second-order valence-electron chi connectivity index (χ2n) is 7.09. The van der Waals surface area contributed by atoms with E-state index in [0.29, 0.717) is 23.5 Å². The lowest BCUT2D eigenvalue weighted by Gasteiger charge is -2.38. The number of carbonyl (C=O) groups is 1. The van der Waals surface area contributed by atoms with Crippen LogP contribution in [0.4, 0.5) is 17.1 Å². The minimum absolute atomic E-state index is 0.187. The normalized spacial score (nSPS) is 13.2. The molecule has 3 aromatic carbocycles. The predicted octanol–water partition coefficient (Wildman–Crippen LogP) is 4.26. The number of anilines is 3. The monoisotopic (exact) mass is 402 g/mol. The molecule has 0 fully saturated rings. The molecule has 0 atom stereocenters. The van der Waals surface area contributed by atoms with Crippen molar-refractivity contribution in [3.8, 4) is 0 Å². The smallest absolute Gasteiger partial charge is 0.255 e. The van der Waals surface area contributed by atoms with Gasteiger partial charge in [0.1, 0.15) is 0 Å². The van der Waals surface area contributed by atoms with E-state index in [4.69, 9.17) is 18.0 Å².